The Labute approximate surface area is 102 Å². The van der Waals surface area contributed by atoms with Crippen LogP contribution in [0.2, 0.25) is 0 Å². The molecule has 0 aliphatic carbocycles. The first-order chi connectivity index (χ1) is 8.61. The molecule has 2 heterocycles. The lowest BCUT2D eigenvalue weighted by Crippen LogP contribution is -2.39. The van der Waals surface area contributed by atoms with Gasteiger partial charge in [-0.05, 0) is 6.42 Å². The van der Waals surface area contributed by atoms with Gasteiger partial charge in [-0.3, -0.25) is 9.59 Å². The number of methoxy groups -OCH3 is 1. The second kappa shape index (κ2) is 4.86. The van der Waals surface area contributed by atoms with Gasteiger partial charge in [0.25, 0.3) is 0 Å². The number of nitrogens with zero attached hydrogens (tertiary/aromatic N) is 2. The molecule has 8 nitrogen and oxygen atoms in total. The summed E-state index contributed by atoms with van der Waals surface area (Å²) in [4.78, 5) is 30.1. The molecule has 2 rings (SSSR count). The van der Waals surface area contributed by atoms with Crippen molar-refractivity contribution in [2.75, 3.05) is 17.7 Å². The average molecular weight is 252 g/mol. The third kappa shape index (κ3) is 2.31. The molecule has 1 unspecified atom stereocenters. The summed E-state index contributed by atoms with van der Waals surface area (Å²) in [5.41, 5.74) is 0.372. The minimum Gasteiger partial charge on any atom is -0.481 e. The fraction of sp³-hybridized carbons (Fsp3) is 0.400. The smallest absolute Gasteiger partial charge is 0.303 e. The van der Waals surface area contributed by atoms with Crippen LogP contribution in [0, 0.1) is 0 Å². The molecule has 0 spiro atoms. The minimum atomic E-state index is -0.948. The van der Waals surface area contributed by atoms with Crippen molar-refractivity contribution in [1.82, 2.24) is 9.97 Å². The van der Waals surface area contributed by atoms with E-state index in [1.165, 1.54) is 13.4 Å². The van der Waals surface area contributed by atoms with Crippen LogP contribution in [-0.2, 0) is 9.59 Å². The molecule has 0 radical (unpaired) electrons. The van der Waals surface area contributed by atoms with Gasteiger partial charge < -0.3 is 20.5 Å². The van der Waals surface area contributed by atoms with Gasteiger partial charge in [0.2, 0.25) is 11.8 Å². The largest absolute Gasteiger partial charge is 0.481 e. The summed E-state index contributed by atoms with van der Waals surface area (Å²) < 4.78 is 4.99. The van der Waals surface area contributed by atoms with Crippen molar-refractivity contribution in [3.63, 3.8) is 0 Å². The van der Waals surface area contributed by atoms with E-state index in [2.05, 4.69) is 20.6 Å². The molecule has 3 N–H and O–H groups in total. The standard InChI is InChI=1S/C10H12N4O4/c1-18-10-7-8(11-4-12-10)13-5(9(17)14-7)2-3-6(15)16/h4-5H,2-3H2,1H3,(H,14,17)(H,15,16)(H,11,12,13). The number of hydrogen-bond acceptors (Lipinski definition) is 6. The van der Waals surface area contributed by atoms with E-state index < -0.39 is 12.0 Å². The topological polar surface area (TPSA) is 113 Å². The van der Waals surface area contributed by atoms with E-state index >= 15 is 0 Å². The normalized spacial score (nSPS) is 17.4. The molecule has 0 saturated heterocycles. The van der Waals surface area contributed by atoms with Crippen molar-refractivity contribution in [1.29, 1.82) is 0 Å². The number of carboxylic acids is 1. The van der Waals surface area contributed by atoms with E-state index in [0.29, 0.717) is 11.5 Å². The number of nitrogens with one attached hydrogen (secondary N) is 2. The highest BCUT2D eigenvalue weighted by atomic mass is 16.5. The van der Waals surface area contributed by atoms with Crippen LogP contribution in [0.1, 0.15) is 12.8 Å². The van der Waals surface area contributed by atoms with Crippen LogP contribution in [0.4, 0.5) is 11.5 Å². The number of hydrogen-bond donors (Lipinski definition) is 3. The number of amides is 1. The van der Waals surface area contributed by atoms with Crippen molar-refractivity contribution >= 4 is 23.4 Å². The molecule has 1 amide bonds. The Bertz CT molecular complexity index is 491. The lowest BCUT2D eigenvalue weighted by Gasteiger charge is -2.25. The van der Waals surface area contributed by atoms with Gasteiger partial charge in [-0.15, -0.1) is 0 Å². The molecule has 1 atom stereocenters. The zero-order valence-corrected chi connectivity index (χ0v) is 9.64. The van der Waals surface area contributed by atoms with Crippen LogP contribution < -0.4 is 15.4 Å². The molecule has 1 aromatic rings. The third-order valence-corrected chi connectivity index (χ3v) is 2.53. The molecule has 0 bridgehead atoms. The molecule has 0 fully saturated rings. The monoisotopic (exact) mass is 252 g/mol. The lowest BCUT2D eigenvalue weighted by molar-refractivity contribution is -0.137. The Morgan fingerprint density at radius 3 is 3.00 bits per heavy atom. The number of carboxylic acid groups (broad SMARTS) is 1. The number of ether oxygens (including phenoxy) is 1. The average Bonchev–Trinajstić information content (AvgIpc) is 2.35. The lowest BCUT2D eigenvalue weighted by atomic mass is 10.1. The SMILES string of the molecule is COc1ncnc2c1NC(=O)C(CCC(=O)O)N2. The Kier molecular flexibility index (Phi) is 3.26. The predicted octanol–water partition coefficient (Wildman–Crippen LogP) is 0.0826. The Balaban J connectivity index is 2.18. The Hall–Kier alpha value is -2.38. The highest BCUT2D eigenvalue weighted by Crippen LogP contribution is 2.32. The number of aromatic nitrogens is 2. The first-order valence-electron chi connectivity index (χ1n) is 5.30. The zero-order chi connectivity index (χ0) is 13.1. The summed E-state index contributed by atoms with van der Waals surface area (Å²) in [7, 11) is 1.44. The van der Waals surface area contributed by atoms with Gasteiger partial charge in [-0.1, -0.05) is 0 Å². The van der Waals surface area contributed by atoms with E-state index in [1.54, 1.807) is 0 Å². The van der Waals surface area contributed by atoms with Gasteiger partial charge >= 0.3 is 5.97 Å². The summed E-state index contributed by atoms with van der Waals surface area (Å²) in [5, 5.41) is 14.1. The van der Waals surface area contributed by atoms with E-state index in [4.69, 9.17) is 9.84 Å². The summed E-state index contributed by atoms with van der Waals surface area (Å²) in [5.74, 6) is -0.582. The Morgan fingerprint density at radius 2 is 2.33 bits per heavy atom. The number of rotatable bonds is 4. The number of fused-ring (bicyclic) bond motifs is 1. The van der Waals surface area contributed by atoms with Crippen LogP contribution in [0.5, 0.6) is 5.88 Å². The molecule has 1 aliphatic heterocycles. The first kappa shape index (κ1) is 12.1. The number of aliphatic carboxylic acids is 1. The van der Waals surface area contributed by atoms with Crippen LogP contribution in [0.15, 0.2) is 6.33 Å². The molecule has 1 aromatic heterocycles. The van der Waals surface area contributed by atoms with Crippen LogP contribution >= 0.6 is 0 Å². The molecule has 1 aliphatic rings. The predicted molar refractivity (Wildman–Crippen MR) is 61.5 cm³/mol. The minimum absolute atomic E-state index is 0.0946. The van der Waals surface area contributed by atoms with Crippen molar-refractivity contribution < 1.29 is 19.4 Å². The van der Waals surface area contributed by atoms with Crippen LogP contribution in [0.25, 0.3) is 0 Å². The van der Waals surface area contributed by atoms with E-state index in [1.807, 2.05) is 0 Å². The van der Waals surface area contributed by atoms with E-state index in [0.717, 1.165) is 0 Å². The maximum Gasteiger partial charge on any atom is 0.303 e. The van der Waals surface area contributed by atoms with Gasteiger partial charge in [0, 0.05) is 6.42 Å². The maximum absolute atomic E-state index is 11.8. The Morgan fingerprint density at radius 1 is 1.56 bits per heavy atom. The second-order valence-corrected chi connectivity index (χ2v) is 3.73. The summed E-state index contributed by atoms with van der Waals surface area (Å²) in [6.45, 7) is 0. The number of carbonyl (C=O) groups excluding carboxylic acids is 1. The number of carbonyl (C=O) groups is 2. The molecular formula is C10H12N4O4. The van der Waals surface area contributed by atoms with Crippen molar-refractivity contribution in [2.45, 2.75) is 18.9 Å². The van der Waals surface area contributed by atoms with Crippen LogP contribution in [0.3, 0.4) is 0 Å². The molecular weight excluding hydrogens is 240 g/mol. The summed E-state index contributed by atoms with van der Waals surface area (Å²) in [6, 6.07) is -0.617. The zero-order valence-electron chi connectivity index (χ0n) is 9.64. The highest BCUT2D eigenvalue weighted by Gasteiger charge is 2.29. The summed E-state index contributed by atoms with van der Waals surface area (Å²) in [6.07, 6.45) is 1.39. The molecule has 8 heteroatoms. The molecule has 0 saturated carbocycles. The third-order valence-electron chi connectivity index (χ3n) is 2.53. The first-order valence-corrected chi connectivity index (χ1v) is 5.30. The van der Waals surface area contributed by atoms with Gasteiger partial charge in [-0.25, -0.2) is 4.98 Å². The quantitative estimate of drug-likeness (QED) is 0.695. The second-order valence-electron chi connectivity index (χ2n) is 3.73. The van der Waals surface area contributed by atoms with Crippen molar-refractivity contribution in [3.8, 4) is 5.88 Å². The van der Waals surface area contributed by atoms with Gasteiger partial charge in [0.05, 0.1) is 7.11 Å². The molecule has 0 aromatic carbocycles. The van der Waals surface area contributed by atoms with E-state index in [-0.39, 0.29) is 24.6 Å². The van der Waals surface area contributed by atoms with Crippen molar-refractivity contribution in [2.24, 2.45) is 0 Å². The molecule has 96 valence electrons. The molecule has 18 heavy (non-hydrogen) atoms. The van der Waals surface area contributed by atoms with Gasteiger partial charge in [0.15, 0.2) is 5.82 Å². The van der Waals surface area contributed by atoms with E-state index in [9.17, 15) is 9.59 Å². The van der Waals surface area contributed by atoms with Crippen molar-refractivity contribution in [3.05, 3.63) is 6.33 Å². The summed E-state index contributed by atoms with van der Waals surface area (Å²) >= 11 is 0. The fourth-order valence-corrected chi connectivity index (χ4v) is 1.66. The number of anilines is 2. The van der Waals surface area contributed by atoms with Gasteiger partial charge in [0.1, 0.15) is 18.1 Å². The maximum atomic E-state index is 11.8. The fourth-order valence-electron chi connectivity index (χ4n) is 1.66. The van der Waals surface area contributed by atoms with Crippen LogP contribution in [-0.4, -0.2) is 40.1 Å². The highest BCUT2D eigenvalue weighted by molar-refractivity contribution is 6.03. The van der Waals surface area contributed by atoms with Gasteiger partial charge in [-0.2, -0.15) is 4.98 Å².